The number of aryl methyl sites for hydroxylation is 1. The van der Waals surface area contributed by atoms with Gasteiger partial charge in [0.25, 0.3) is 0 Å². The Kier molecular flexibility index (Phi) is 4.58. The molecule has 168 valence electrons. The van der Waals surface area contributed by atoms with Crippen molar-refractivity contribution in [3.8, 4) is 5.69 Å². The monoisotopic (exact) mass is 441 g/mol. The summed E-state index contributed by atoms with van der Waals surface area (Å²) in [5.41, 5.74) is 8.02. The molecule has 1 heterocycles. The fraction of sp³-hybridized carbons (Fsp3) is 0.357. The summed E-state index contributed by atoms with van der Waals surface area (Å²) in [5.74, 6) is -0.167. The molecule has 1 unspecified atom stereocenters. The van der Waals surface area contributed by atoms with Crippen molar-refractivity contribution in [2.75, 3.05) is 7.05 Å². The zero-order chi connectivity index (χ0) is 22.6. The quantitative estimate of drug-likeness (QED) is 0.582. The van der Waals surface area contributed by atoms with Crippen LogP contribution in [0, 0.1) is 16.6 Å². The van der Waals surface area contributed by atoms with Gasteiger partial charge in [0.1, 0.15) is 5.82 Å². The fourth-order valence-corrected chi connectivity index (χ4v) is 6.52. The summed E-state index contributed by atoms with van der Waals surface area (Å²) in [6.07, 6.45) is 11.7. The highest BCUT2D eigenvalue weighted by Crippen LogP contribution is 2.79. The SMILES string of the molecule is CNC(=O)Cc1ccccc1CC[C@]12CCC3=Cc4c(cnn4-c4ccc(F)cc4)CC31C2. The maximum Gasteiger partial charge on any atom is 0.224 e. The average molecular weight is 442 g/mol. The molecule has 6 rings (SSSR count). The molecule has 5 heteroatoms. The van der Waals surface area contributed by atoms with Crippen LogP contribution < -0.4 is 5.32 Å². The van der Waals surface area contributed by atoms with Crippen molar-refractivity contribution in [3.63, 3.8) is 0 Å². The van der Waals surface area contributed by atoms with Crippen molar-refractivity contribution < 1.29 is 9.18 Å². The van der Waals surface area contributed by atoms with Crippen LogP contribution in [0.5, 0.6) is 0 Å². The molecule has 2 atom stereocenters. The van der Waals surface area contributed by atoms with Gasteiger partial charge in [0, 0.05) is 12.5 Å². The van der Waals surface area contributed by atoms with Crippen molar-refractivity contribution in [3.05, 3.63) is 88.5 Å². The van der Waals surface area contributed by atoms with Crippen LogP contribution in [-0.4, -0.2) is 22.7 Å². The number of rotatable bonds is 6. The number of carbonyl (C=O) groups excluding carboxylic acids is 1. The van der Waals surface area contributed by atoms with Gasteiger partial charge in [-0.2, -0.15) is 5.10 Å². The van der Waals surface area contributed by atoms with Gasteiger partial charge < -0.3 is 5.32 Å². The van der Waals surface area contributed by atoms with E-state index in [1.54, 1.807) is 24.8 Å². The molecular formula is C28H28FN3O. The third-order valence-corrected chi connectivity index (χ3v) is 8.40. The van der Waals surface area contributed by atoms with Gasteiger partial charge in [-0.05, 0) is 91.0 Å². The Labute approximate surface area is 193 Å². The number of hydrogen-bond donors (Lipinski definition) is 1. The molecule has 3 aliphatic rings. The molecule has 3 aliphatic carbocycles. The number of likely N-dealkylation sites (N-methyl/N-ethyl adjacent to an activating group) is 1. The predicted molar refractivity (Wildman–Crippen MR) is 126 cm³/mol. The third-order valence-electron chi connectivity index (χ3n) is 8.40. The number of benzene rings is 2. The Balaban J connectivity index is 1.23. The second-order valence-electron chi connectivity index (χ2n) is 9.95. The minimum absolute atomic E-state index is 0.0626. The van der Waals surface area contributed by atoms with Crippen molar-refractivity contribution >= 4 is 12.0 Å². The molecule has 0 bridgehead atoms. The van der Waals surface area contributed by atoms with E-state index in [1.807, 2.05) is 16.9 Å². The lowest BCUT2D eigenvalue weighted by Gasteiger charge is -2.24. The largest absolute Gasteiger partial charge is 0.359 e. The van der Waals surface area contributed by atoms with E-state index in [1.165, 1.54) is 36.1 Å². The number of carbonyl (C=O) groups is 1. The Hall–Kier alpha value is -3.21. The molecule has 1 amide bonds. The molecular weight excluding hydrogens is 413 g/mol. The van der Waals surface area contributed by atoms with Gasteiger partial charge in [-0.1, -0.05) is 29.8 Å². The summed E-state index contributed by atoms with van der Waals surface area (Å²) in [4.78, 5) is 11.9. The Morgan fingerprint density at radius 2 is 1.94 bits per heavy atom. The molecule has 4 nitrogen and oxygen atoms in total. The molecule has 3 aromatic rings. The van der Waals surface area contributed by atoms with Crippen LogP contribution in [0.3, 0.4) is 0 Å². The van der Waals surface area contributed by atoms with Crippen LogP contribution in [-0.2, 0) is 24.1 Å². The van der Waals surface area contributed by atoms with Gasteiger partial charge >= 0.3 is 0 Å². The second kappa shape index (κ2) is 7.41. The molecule has 0 radical (unpaired) electrons. The van der Waals surface area contributed by atoms with E-state index in [0.29, 0.717) is 11.8 Å². The Bertz CT molecular complexity index is 1270. The zero-order valence-corrected chi connectivity index (χ0v) is 18.9. The van der Waals surface area contributed by atoms with Crippen LogP contribution in [0.2, 0.25) is 0 Å². The number of aromatic nitrogens is 2. The van der Waals surface area contributed by atoms with E-state index in [0.717, 1.165) is 42.6 Å². The highest BCUT2D eigenvalue weighted by Gasteiger charge is 2.71. The van der Waals surface area contributed by atoms with Gasteiger partial charge in [0.2, 0.25) is 5.91 Å². The van der Waals surface area contributed by atoms with Crippen molar-refractivity contribution in [2.24, 2.45) is 10.8 Å². The van der Waals surface area contributed by atoms with E-state index >= 15 is 0 Å². The lowest BCUT2D eigenvalue weighted by atomic mass is 9.80. The standard InChI is InChI=1S/C28H28FN3O/c1-30-26(33)14-20-5-3-2-4-19(20)10-12-27-13-11-22-15-25-21(16-28(22,27)18-27)17-31-32(25)24-8-6-23(29)7-9-24/h2-9,15,17H,10-14,16,18H2,1H3,(H,30,33)/t27-,28?/m1/s1. The topological polar surface area (TPSA) is 46.9 Å². The lowest BCUT2D eigenvalue weighted by Crippen LogP contribution is -2.21. The maximum atomic E-state index is 13.4. The average Bonchev–Trinajstić information content (AvgIpc) is 3.10. The summed E-state index contributed by atoms with van der Waals surface area (Å²) < 4.78 is 15.3. The number of hydrogen-bond acceptors (Lipinski definition) is 2. The van der Waals surface area contributed by atoms with E-state index in [9.17, 15) is 9.18 Å². The molecule has 1 aromatic heterocycles. The van der Waals surface area contributed by atoms with Crippen LogP contribution in [0.15, 0.2) is 60.3 Å². The summed E-state index contributed by atoms with van der Waals surface area (Å²) in [6.45, 7) is 0. The summed E-state index contributed by atoms with van der Waals surface area (Å²) in [7, 11) is 1.69. The summed E-state index contributed by atoms with van der Waals surface area (Å²) >= 11 is 0. The minimum atomic E-state index is -0.229. The zero-order valence-electron chi connectivity index (χ0n) is 18.9. The third kappa shape index (κ3) is 3.17. The van der Waals surface area contributed by atoms with Crippen LogP contribution in [0.4, 0.5) is 4.39 Å². The predicted octanol–water partition coefficient (Wildman–Crippen LogP) is 5.04. The van der Waals surface area contributed by atoms with Gasteiger partial charge in [-0.25, -0.2) is 9.07 Å². The van der Waals surface area contributed by atoms with Crippen molar-refractivity contribution in [1.29, 1.82) is 0 Å². The number of fused-ring (bicyclic) bond motifs is 1. The van der Waals surface area contributed by atoms with E-state index in [-0.39, 0.29) is 17.1 Å². The van der Waals surface area contributed by atoms with Gasteiger partial charge in [-0.3, -0.25) is 4.79 Å². The number of nitrogens with zero attached hydrogens (tertiary/aromatic N) is 2. The van der Waals surface area contributed by atoms with Crippen LogP contribution in [0.1, 0.15) is 48.1 Å². The smallest absolute Gasteiger partial charge is 0.224 e. The first-order valence-corrected chi connectivity index (χ1v) is 11.8. The first-order valence-electron chi connectivity index (χ1n) is 11.8. The summed E-state index contributed by atoms with van der Waals surface area (Å²) in [5, 5.41) is 7.39. The van der Waals surface area contributed by atoms with E-state index < -0.39 is 0 Å². The molecule has 2 saturated carbocycles. The number of nitrogens with one attached hydrogen (secondary N) is 1. The minimum Gasteiger partial charge on any atom is -0.359 e. The summed E-state index contributed by atoms with van der Waals surface area (Å²) in [6, 6.07) is 14.9. The van der Waals surface area contributed by atoms with Crippen LogP contribution >= 0.6 is 0 Å². The fourth-order valence-electron chi connectivity index (χ4n) is 6.52. The van der Waals surface area contributed by atoms with E-state index in [4.69, 9.17) is 0 Å². The Morgan fingerprint density at radius 3 is 2.73 bits per heavy atom. The first-order chi connectivity index (χ1) is 16.0. The van der Waals surface area contributed by atoms with Gasteiger partial charge in [0.15, 0.2) is 0 Å². The molecule has 1 N–H and O–H groups in total. The van der Waals surface area contributed by atoms with Crippen molar-refractivity contribution in [2.45, 2.75) is 44.9 Å². The normalized spacial score (nSPS) is 24.5. The Morgan fingerprint density at radius 1 is 1.15 bits per heavy atom. The maximum absolute atomic E-state index is 13.4. The van der Waals surface area contributed by atoms with Crippen molar-refractivity contribution in [1.82, 2.24) is 15.1 Å². The molecule has 2 aromatic carbocycles. The molecule has 0 aliphatic heterocycles. The highest BCUT2D eigenvalue weighted by atomic mass is 19.1. The second-order valence-corrected chi connectivity index (χ2v) is 9.95. The number of halogens is 1. The van der Waals surface area contributed by atoms with Gasteiger partial charge in [-0.15, -0.1) is 0 Å². The number of amides is 1. The van der Waals surface area contributed by atoms with Crippen LogP contribution in [0.25, 0.3) is 11.8 Å². The highest BCUT2D eigenvalue weighted by molar-refractivity contribution is 5.78. The van der Waals surface area contributed by atoms with E-state index in [2.05, 4.69) is 34.7 Å². The number of allylic oxidation sites excluding steroid dienone is 1. The van der Waals surface area contributed by atoms with Gasteiger partial charge in [0.05, 0.1) is 24.0 Å². The molecule has 33 heavy (non-hydrogen) atoms. The molecule has 2 fully saturated rings. The lowest BCUT2D eigenvalue weighted by molar-refractivity contribution is -0.119. The first kappa shape index (κ1) is 20.4. The molecule has 1 spiro atoms. The molecule has 0 saturated heterocycles.